The van der Waals surface area contributed by atoms with Gasteiger partial charge in [-0.2, -0.15) is 0 Å². The fraction of sp³-hybridized carbons (Fsp3) is 0.529. The number of ether oxygens (including phenoxy) is 1. The Bertz CT molecular complexity index is 557. The molecule has 0 radical (unpaired) electrons. The van der Waals surface area contributed by atoms with Crippen molar-refractivity contribution in [3.63, 3.8) is 0 Å². The summed E-state index contributed by atoms with van der Waals surface area (Å²) in [6, 6.07) is 5.62. The van der Waals surface area contributed by atoms with Crippen molar-refractivity contribution in [3.05, 3.63) is 29.3 Å². The Labute approximate surface area is 131 Å². The quantitative estimate of drug-likeness (QED) is 0.869. The number of carbonyl (C=O) groups excluding carboxylic acids is 2. The van der Waals surface area contributed by atoms with Gasteiger partial charge in [-0.3, -0.25) is 9.69 Å². The van der Waals surface area contributed by atoms with Crippen LogP contribution in [0.5, 0.6) is 0 Å². The monoisotopic (exact) mass is 304 g/mol. The normalized spacial score (nSPS) is 18.8. The van der Waals surface area contributed by atoms with E-state index in [1.165, 1.54) is 13.5 Å². The van der Waals surface area contributed by atoms with Gasteiger partial charge < -0.3 is 10.1 Å². The molecule has 0 aliphatic carbocycles. The Balaban J connectivity index is 2.03. The van der Waals surface area contributed by atoms with E-state index in [4.69, 9.17) is 4.74 Å². The molecule has 1 saturated heterocycles. The zero-order valence-corrected chi connectivity index (χ0v) is 13.5. The second-order valence-electron chi connectivity index (χ2n) is 5.88. The van der Waals surface area contributed by atoms with E-state index in [0.29, 0.717) is 23.8 Å². The first-order valence-electron chi connectivity index (χ1n) is 7.74. The number of rotatable bonds is 4. The van der Waals surface area contributed by atoms with Crippen molar-refractivity contribution >= 4 is 17.6 Å². The minimum Gasteiger partial charge on any atom is -0.465 e. The highest BCUT2D eigenvalue weighted by Gasteiger charge is 2.20. The van der Waals surface area contributed by atoms with E-state index < -0.39 is 5.97 Å². The maximum atomic E-state index is 12.3. The molecule has 1 amide bonds. The minimum absolute atomic E-state index is 0.0427. The minimum atomic E-state index is -0.403. The summed E-state index contributed by atoms with van der Waals surface area (Å²) >= 11 is 0. The van der Waals surface area contributed by atoms with Gasteiger partial charge in [-0.15, -0.1) is 0 Å². The molecule has 1 N–H and O–H groups in total. The van der Waals surface area contributed by atoms with Crippen LogP contribution in [0.3, 0.4) is 0 Å². The smallest absolute Gasteiger partial charge is 0.337 e. The zero-order valence-electron chi connectivity index (χ0n) is 13.5. The van der Waals surface area contributed by atoms with Crippen LogP contribution in [0.2, 0.25) is 0 Å². The first kappa shape index (κ1) is 16.5. The van der Waals surface area contributed by atoms with Crippen molar-refractivity contribution in [3.8, 4) is 0 Å². The number of piperidine rings is 1. The molecule has 1 heterocycles. The Morgan fingerprint density at radius 1 is 1.36 bits per heavy atom. The number of carbonyl (C=O) groups is 2. The molecule has 2 rings (SSSR count). The number of methoxy groups -OCH3 is 1. The first-order chi connectivity index (χ1) is 10.5. The number of hydrogen-bond donors (Lipinski definition) is 1. The number of likely N-dealkylation sites (tertiary alicyclic amines) is 1. The highest BCUT2D eigenvalue weighted by molar-refractivity contribution is 5.96. The van der Waals surface area contributed by atoms with Gasteiger partial charge in [0.1, 0.15) is 0 Å². The summed E-state index contributed by atoms with van der Waals surface area (Å²) in [7, 11) is 1.35. The predicted molar refractivity (Wildman–Crippen MR) is 86.0 cm³/mol. The molecule has 0 bridgehead atoms. The molecule has 0 unspecified atom stereocenters. The summed E-state index contributed by atoms with van der Waals surface area (Å²) < 4.78 is 4.71. The van der Waals surface area contributed by atoms with Crippen molar-refractivity contribution in [2.75, 3.05) is 25.5 Å². The maximum absolute atomic E-state index is 12.3. The average Bonchev–Trinajstić information content (AvgIpc) is 2.51. The van der Waals surface area contributed by atoms with Gasteiger partial charge in [-0.1, -0.05) is 12.5 Å². The van der Waals surface area contributed by atoms with Crippen LogP contribution in [0.25, 0.3) is 0 Å². The zero-order chi connectivity index (χ0) is 16.1. The van der Waals surface area contributed by atoms with Gasteiger partial charge in [0.05, 0.1) is 19.2 Å². The lowest BCUT2D eigenvalue weighted by atomic mass is 10.0. The van der Waals surface area contributed by atoms with Gasteiger partial charge >= 0.3 is 5.97 Å². The van der Waals surface area contributed by atoms with E-state index in [0.717, 1.165) is 24.9 Å². The van der Waals surface area contributed by atoms with Gasteiger partial charge in [0.25, 0.3) is 0 Å². The fourth-order valence-electron chi connectivity index (χ4n) is 2.77. The lowest BCUT2D eigenvalue weighted by Gasteiger charge is -2.32. The van der Waals surface area contributed by atoms with E-state index in [9.17, 15) is 9.59 Å². The number of nitrogens with zero attached hydrogens (tertiary/aromatic N) is 1. The molecule has 1 aromatic rings. The summed E-state index contributed by atoms with van der Waals surface area (Å²) in [5.74, 6) is -0.445. The second-order valence-corrected chi connectivity index (χ2v) is 5.88. The standard InChI is InChI=1S/C17H24N2O3/c1-12-7-8-14(17(21)22-3)10-15(12)18-16(20)11-19-9-5-4-6-13(19)2/h7-8,10,13H,4-6,9,11H2,1-3H3,(H,18,20)/t13-/m0/s1. The molecule has 1 aliphatic rings. The number of nitrogens with one attached hydrogen (secondary N) is 1. The van der Waals surface area contributed by atoms with E-state index in [2.05, 4.69) is 17.1 Å². The maximum Gasteiger partial charge on any atom is 0.337 e. The topological polar surface area (TPSA) is 58.6 Å². The van der Waals surface area contributed by atoms with Crippen molar-refractivity contribution in [2.24, 2.45) is 0 Å². The van der Waals surface area contributed by atoms with E-state index in [1.54, 1.807) is 12.1 Å². The molecule has 1 atom stereocenters. The molecule has 1 aliphatic heterocycles. The number of amides is 1. The highest BCUT2D eigenvalue weighted by Crippen LogP contribution is 2.19. The van der Waals surface area contributed by atoms with E-state index in [1.807, 2.05) is 13.0 Å². The fourth-order valence-corrected chi connectivity index (χ4v) is 2.77. The van der Waals surface area contributed by atoms with E-state index >= 15 is 0 Å². The van der Waals surface area contributed by atoms with Crippen LogP contribution < -0.4 is 5.32 Å². The lowest BCUT2D eigenvalue weighted by Crippen LogP contribution is -2.42. The molecule has 0 aromatic heterocycles. The van der Waals surface area contributed by atoms with Gasteiger partial charge in [-0.05, 0) is 50.9 Å². The molecule has 5 nitrogen and oxygen atoms in total. The Kier molecular flexibility index (Phi) is 5.55. The van der Waals surface area contributed by atoms with Crippen LogP contribution in [0, 0.1) is 6.92 Å². The molecule has 0 saturated carbocycles. The molecule has 1 fully saturated rings. The third kappa shape index (κ3) is 4.07. The van der Waals surface area contributed by atoms with Crippen molar-refractivity contribution < 1.29 is 14.3 Å². The van der Waals surface area contributed by atoms with E-state index in [-0.39, 0.29) is 5.91 Å². The molecule has 1 aromatic carbocycles. The average molecular weight is 304 g/mol. The summed E-state index contributed by atoms with van der Waals surface area (Å²) in [4.78, 5) is 26.0. The lowest BCUT2D eigenvalue weighted by molar-refractivity contribution is -0.118. The summed E-state index contributed by atoms with van der Waals surface area (Å²) in [6.45, 7) is 5.43. The van der Waals surface area contributed by atoms with Crippen LogP contribution in [-0.4, -0.2) is 43.0 Å². The second kappa shape index (κ2) is 7.40. The number of aryl methyl sites for hydroxylation is 1. The van der Waals surface area contributed by atoms with Gasteiger partial charge in [0.2, 0.25) is 5.91 Å². The predicted octanol–water partition coefficient (Wildman–Crippen LogP) is 2.59. The van der Waals surface area contributed by atoms with Crippen LogP contribution >= 0.6 is 0 Å². The summed E-state index contributed by atoms with van der Waals surface area (Å²) in [6.07, 6.45) is 3.53. The SMILES string of the molecule is COC(=O)c1ccc(C)c(NC(=O)CN2CCCC[C@@H]2C)c1. The van der Waals surface area contributed by atoms with Crippen LogP contribution in [0.1, 0.15) is 42.1 Å². The van der Waals surface area contributed by atoms with Crippen molar-refractivity contribution in [1.29, 1.82) is 0 Å². The molecule has 120 valence electrons. The van der Waals surface area contributed by atoms with Crippen molar-refractivity contribution in [1.82, 2.24) is 4.90 Å². The van der Waals surface area contributed by atoms with Crippen LogP contribution in [0.15, 0.2) is 18.2 Å². The Morgan fingerprint density at radius 2 is 2.14 bits per heavy atom. The van der Waals surface area contributed by atoms with Gasteiger partial charge in [0.15, 0.2) is 0 Å². The summed E-state index contributed by atoms with van der Waals surface area (Å²) in [5, 5.41) is 2.91. The number of hydrogen-bond acceptors (Lipinski definition) is 4. The third-order valence-electron chi connectivity index (χ3n) is 4.22. The largest absolute Gasteiger partial charge is 0.465 e. The molecular formula is C17H24N2O3. The molecular weight excluding hydrogens is 280 g/mol. The van der Waals surface area contributed by atoms with Gasteiger partial charge in [-0.25, -0.2) is 4.79 Å². The third-order valence-corrected chi connectivity index (χ3v) is 4.22. The van der Waals surface area contributed by atoms with Crippen LogP contribution in [-0.2, 0) is 9.53 Å². The molecule has 5 heteroatoms. The Hall–Kier alpha value is -1.88. The van der Waals surface area contributed by atoms with Crippen LogP contribution in [0.4, 0.5) is 5.69 Å². The molecule has 0 spiro atoms. The number of esters is 1. The first-order valence-corrected chi connectivity index (χ1v) is 7.74. The molecule has 22 heavy (non-hydrogen) atoms. The number of anilines is 1. The Morgan fingerprint density at radius 3 is 2.82 bits per heavy atom. The van der Waals surface area contributed by atoms with Gasteiger partial charge in [0, 0.05) is 11.7 Å². The highest BCUT2D eigenvalue weighted by atomic mass is 16.5. The number of benzene rings is 1. The van der Waals surface area contributed by atoms with Crippen molar-refractivity contribution in [2.45, 2.75) is 39.2 Å². The summed E-state index contributed by atoms with van der Waals surface area (Å²) in [5.41, 5.74) is 2.03.